The monoisotopic (exact) mass is 278 g/mol. The molecule has 1 aromatic carbocycles. The highest BCUT2D eigenvalue weighted by atomic mass is 32.1. The highest BCUT2D eigenvalue weighted by Crippen LogP contribution is 2.25. The Morgan fingerprint density at radius 3 is 2.79 bits per heavy atom. The van der Waals surface area contributed by atoms with Gasteiger partial charge in [-0.2, -0.15) is 0 Å². The summed E-state index contributed by atoms with van der Waals surface area (Å²) in [5.74, 6) is 0. The van der Waals surface area contributed by atoms with Crippen molar-refractivity contribution in [3.63, 3.8) is 0 Å². The molecule has 100 valence electrons. The minimum atomic E-state index is -0.444. The number of non-ortho nitro benzene ring substituents is 1. The van der Waals surface area contributed by atoms with Gasteiger partial charge >= 0.3 is 0 Å². The van der Waals surface area contributed by atoms with Gasteiger partial charge in [0, 0.05) is 35.9 Å². The van der Waals surface area contributed by atoms with Crippen LogP contribution in [-0.4, -0.2) is 17.0 Å². The van der Waals surface area contributed by atoms with Crippen molar-refractivity contribution in [3.05, 3.63) is 44.4 Å². The molecule has 19 heavy (non-hydrogen) atoms. The van der Waals surface area contributed by atoms with Crippen LogP contribution in [0.2, 0.25) is 0 Å². The van der Waals surface area contributed by atoms with Crippen molar-refractivity contribution in [1.82, 2.24) is 4.98 Å². The molecule has 0 saturated heterocycles. The van der Waals surface area contributed by atoms with Crippen LogP contribution in [-0.2, 0) is 6.54 Å². The highest BCUT2D eigenvalue weighted by Gasteiger charge is 2.12. The number of thiazole rings is 1. The van der Waals surface area contributed by atoms with Crippen LogP contribution >= 0.6 is 11.3 Å². The predicted octanol–water partition coefficient (Wildman–Crippen LogP) is 2.58. The van der Waals surface area contributed by atoms with Crippen molar-refractivity contribution in [2.24, 2.45) is 0 Å². The lowest BCUT2D eigenvalue weighted by Gasteiger charge is -2.18. The first-order chi connectivity index (χ1) is 8.95. The average Bonchev–Trinajstić information content (AvgIpc) is 2.73. The van der Waals surface area contributed by atoms with Crippen molar-refractivity contribution in [2.75, 3.05) is 17.7 Å². The fourth-order valence-corrected chi connectivity index (χ4v) is 2.36. The van der Waals surface area contributed by atoms with Crippen LogP contribution in [0.5, 0.6) is 0 Å². The van der Waals surface area contributed by atoms with E-state index in [9.17, 15) is 10.1 Å². The number of nitrogens with two attached hydrogens (primary N) is 1. The summed E-state index contributed by atoms with van der Waals surface area (Å²) in [5, 5.41) is 13.8. The molecule has 0 spiro atoms. The van der Waals surface area contributed by atoms with E-state index in [-0.39, 0.29) is 5.69 Å². The topological polar surface area (TPSA) is 85.3 Å². The molecule has 2 N–H and O–H groups in total. The van der Waals surface area contributed by atoms with E-state index in [0.717, 1.165) is 10.7 Å². The van der Waals surface area contributed by atoms with Crippen LogP contribution in [0.25, 0.3) is 0 Å². The summed E-state index contributed by atoms with van der Waals surface area (Å²) >= 11 is 1.58. The molecule has 0 radical (unpaired) electrons. The van der Waals surface area contributed by atoms with Gasteiger partial charge in [-0.15, -0.1) is 11.3 Å². The summed E-state index contributed by atoms with van der Waals surface area (Å²) in [6.45, 7) is 2.53. The second kappa shape index (κ2) is 5.23. The Morgan fingerprint density at radius 2 is 2.21 bits per heavy atom. The van der Waals surface area contributed by atoms with E-state index in [1.807, 2.05) is 24.3 Å². The van der Waals surface area contributed by atoms with Gasteiger partial charge in [-0.1, -0.05) is 0 Å². The van der Waals surface area contributed by atoms with E-state index in [0.29, 0.717) is 17.9 Å². The van der Waals surface area contributed by atoms with E-state index < -0.39 is 4.92 Å². The van der Waals surface area contributed by atoms with Gasteiger partial charge in [0.25, 0.3) is 5.69 Å². The summed E-state index contributed by atoms with van der Waals surface area (Å²) in [5.41, 5.74) is 7.71. The fourth-order valence-electron chi connectivity index (χ4n) is 1.76. The molecule has 7 heteroatoms. The molecule has 0 amide bonds. The van der Waals surface area contributed by atoms with Crippen molar-refractivity contribution in [2.45, 2.75) is 13.5 Å². The Hall–Kier alpha value is -2.15. The molecule has 0 atom stereocenters. The number of nitro groups is 1. The van der Waals surface area contributed by atoms with Crippen LogP contribution in [0.4, 0.5) is 17.1 Å². The smallest absolute Gasteiger partial charge is 0.273 e. The van der Waals surface area contributed by atoms with E-state index in [1.54, 1.807) is 17.4 Å². The molecule has 0 aliphatic heterocycles. The van der Waals surface area contributed by atoms with Gasteiger partial charge in [0.05, 0.1) is 22.2 Å². The molecular weight excluding hydrogens is 264 g/mol. The van der Waals surface area contributed by atoms with Gasteiger partial charge in [0.2, 0.25) is 0 Å². The van der Waals surface area contributed by atoms with Gasteiger partial charge in [-0.3, -0.25) is 10.1 Å². The zero-order valence-corrected chi connectivity index (χ0v) is 11.5. The Balaban J connectivity index is 2.23. The third-order valence-corrected chi connectivity index (χ3v) is 3.46. The summed E-state index contributed by atoms with van der Waals surface area (Å²) < 4.78 is 0. The number of nitrogen functional groups attached to an aromatic ring is 1. The Labute approximate surface area is 114 Å². The number of aryl methyl sites for hydroxylation is 1. The standard InChI is InChI=1S/C12H14N4O2S/c1-8-14-10(7-19-8)6-15(2)11-3-9(13)4-12(5-11)16(17)18/h3-5,7H,6,13H2,1-2H3. The zero-order valence-electron chi connectivity index (χ0n) is 10.7. The van der Waals surface area contributed by atoms with E-state index in [2.05, 4.69) is 4.98 Å². The number of hydrogen-bond donors (Lipinski definition) is 1. The van der Waals surface area contributed by atoms with Crippen LogP contribution < -0.4 is 10.6 Å². The largest absolute Gasteiger partial charge is 0.398 e. The number of aromatic nitrogens is 1. The lowest BCUT2D eigenvalue weighted by molar-refractivity contribution is -0.384. The molecule has 6 nitrogen and oxygen atoms in total. The first kappa shape index (κ1) is 13.3. The van der Waals surface area contributed by atoms with Crippen molar-refractivity contribution in [1.29, 1.82) is 0 Å². The number of nitro benzene ring substituents is 1. The predicted molar refractivity (Wildman–Crippen MR) is 76.5 cm³/mol. The molecule has 0 unspecified atom stereocenters. The number of hydrogen-bond acceptors (Lipinski definition) is 6. The number of benzene rings is 1. The van der Waals surface area contributed by atoms with Crippen molar-refractivity contribution >= 4 is 28.4 Å². The van der Waals surface area contributed by atoms with Crippen LogP contribution in [0.3, 0.4) is 0 Å². The summed E-state index contributed by atoms with van der Waals surface area (Å²) in [6, 6.07) is 4.58. The third kappa shape index (κ3) is 3.19. The summed E-state index contributed by atoms with van der Waals surface area (Å²) in [6.07, 6.45) is 0. The van der Waals surface area contributed by atoms with E-state index in [1.165, 1.54) is 12.1 Å². The van der Waals surface area contributed by atoms with Crippen LogP contribution in [0, 0.1) is 17.0 Å². The molecular formula is C12H14N4O2S. The van der Waals surface area contributed by atoms with Gasteiger partial charge in [-0.05, 0) is 13.0 Å². The minimum absolute atomic E-state index is 0.00342. The zero-order chi connectivity index (χ0) is 14.0. The van der Waals surface area contributed by atoms with Gasteiger partial charge in [0.15, 0.2) is 0 Å². The third-order valence-electron chi connectivity index (χ3n) is 2.64. The molecule has 0 aliphatic rings. The van der Waals surface area contributed by atoms with Crippen molar-refractivity contribution in [3.8, 4) is 0 Å². The highest BCUT2D eigenvalue weighted by molar-refractivity contribution is 7.09. The summed E-state index contributed by atoms with van der Waals surface area (Å²) in [7, 11) is 1.85. The van der Waals surface area contributed by atoms with Gasteiger partial charge in [-0.25, -0.2) is 4.98 Å². The van der Waals surface area contributed by atoms with E-state index >= 15 is 0 Å². The Bertz CT molecular complexity index is 612. The minimum Gasteiger partial charge on any atom is -0.398 e. The second-order valence-electron chi connectivity index (χ2n) is 4.25. The second-order valence-corrected chi connectivity index (χ2v) is 5.32. The molecule has 1 aromatic heterocycles. The maximum Gasteiger partial charge on any atom is 0.273 e. The maximum absolute atomic E-state index is 10.8. The molecule has 2 rings (SSSR count). The molecule has 2 aromatic rings. The van der Waals surface area contributed by atoms with Gasteiger partial charge < -0.3 is 10.6 Å². The van der Waals surface area contributed by atoms with Crippen LogP contribution in [0.15, 0.2) is 23.6 Å². The number of rotatable bonds is 4. The van der Waals surface area contributed by atoms with Crippen molar-refractivity contribution < 1.29 is 4.92 Å². The molecule has 0 fully saturated rings. The van der Waals surface area contributed by atoms with Gasteiger partial charge in [0.1, 0.15) is 0 Å². The van der Waals surface area contributed by atoms with E-state index in [4.69, 9.17) is 5.73 Å². The van der Waals surface area contributed by atoms with Crippen LogP contribution in [0.1, 0.15) is 10.7 Å². The normalized spacial score (nSPS) is 10.4. The number of anilines is 2. The lowest BCUT2D eigenvalue weighted by atomic mass is 10.2. The maximum atomic E-state index is 10.8. The SMILES string of the molecule is Cc1nc(CN(C)c2cc(N)cc([N+](=O)[O-])c2)cs1. The Morgan fingerprint density at radius 1 is 1.47 bits per heavy atom. The summed E-state index contributed by atoms with van der Waals surface area (Å²) in [4.78, 5) is 16.6. The lowest BCUT2D eigenvalue weighted by Crippen LogP contribution is -2.17. The quantitative estimate of drug-likeness (QED) is 0.528. The number of nitrogens with zero attached hydrogens (tertiary/aromatic N) is 3. The first-order valence-electron chi connectivity index (χ1n) is 5.63. The molecule has 1 heterocycles. The molecule has 0 aliphatic carbocycles. The fraction of sp³-hybridized carbons (Fsp3) is 0.250. The molecule has 0 bridgehead atoms. The average molecular weight is 278 g/mol. The molecule has 0 saturated carbocycles. The Kier molecular flexibility index (Phi) is 3.66. The first-order valence-corrected chi connectivity index (χ1v) is 6.51.